The molecule has 3 N–H and O–H groups in total. The van der Waals surface area contributed by atoms with Gasteiger partial charge in [-0.3, -0.25) is 9.47 Å². The van der Waals surface area contributed by atoms with E-state index in [4.69, 9.17) is 21.0 Å². The molecule has 1 fully saturated rings. The summed E-state index contributed by atoms with van der Waals surface area (Å²) in [4.78, 5) is 24.5. The predicted molar refractivity (Wildman–Crippen MR) is 199 cm³/mol. The Morgan fingerprint density at radius 2 is 1.67 bits per heavy atom. The first-order chi connectivity index (χ1) is 25.2. The van der Waals surface area contributed by atoms with Crippen LogP contribution in [0, 0.1) is 11.3 Å². The number of piperidine rings is 1. The maximum Gasteiger partial charge on any atom is 0.412 e. The Morgan fingerprint density at radius 1 is 0.923 bits per heavy atom. The Balaban J connectivity index is 0.00000126. The van der Waals surface area contributed by atoms with E-state index >= 15 is 0 Å². The lowest BCUT2D eigenvalue weighted by Gasteiger charge is -2.32. The van der Waals surface area contributed by atoms with Crippen LogP contribution in [0.5, 0.6) is 0 Å². The van der Waals surface area contributed by atoms with Crippen LogP contribution in [0.4, 0.5) is 24.8 Å². The van der Waals surface area contributed by atoms with Gasteiger partial charge in [-0.05, 0) is 85.4 Å². The van der Waals surface area contributed by atoms with Crippen molar-refractivity contribution in [1.29, 1.82) is 5.26 Å². The van der Waals surface area contributed by atoms with Crippen molar-refractivity contribution in [2.45, 2.75) is 72.1 Å². The lowest BCUT2D eigenvalue weighted by molar-refractivity contribution is -0.0939. The Kier molecular flexibility index (Phi) is 12.4. The quantitative estimate of drug-likeness (QED) is 0.171. The van der Waals surface area contributed by atoms with Crippen LogP contribution in [0.15, 0.2) is 84.7 Å². The second-order valence-corrected chi connectivity index (χ2v) is 11.9. The third-order valence-electron chi connectivity index (χ3n) is 8.65. The van der Waals surface area contributed by atoms with Crippen molar-refractivity contribution in [1.82, 2.24) is 34.4 Å². The summed E-state index contributed by atoms with van der Waals surface area (Å²) in [5.74, 6) is 1.66. The molecular formula is C39H43F3N10. The van der Waals surface area contributed by atoms with Gasteiger partial charge >= 0.3 is 6.18 Å². The summed E-state index contributed by atoms with van der Waals surface area (Å²) in [7, 11) is 0. The van der Waals surface area contributed by atoms with Crippen molar-refractivity contribution < 1.29 is 13.2 Å². The number of halogens is 3. The van der Waals surface area contributed by atoms with Crippen LogP contribution in [0.3, 0.4) is 0 Å². The molecule has 2 aliphatic rings. The number of likely N-dealkylation sites (tertiary alicyclic amines) is 1. The number of allylic oxidation sites excluding steroid dienone is 4. The molecule has 5 heterocycles. The molecule has 0 amide bonds. The summed E-state index contributed by atoms with van der Waals surface area (Å²) in [5.41, 5.74) is 10.2. The summed E-state index contributed by atoms with van der Waals surface area (Å²) in [5, 5.41) is 12.5. The van der Waals surface area contributed by atoms with E-state index < -0.39 is 11.7 Å². The van der Waals surface area contributed by atoms with Gasteiger partial charge < -0.3 is 11.1 Å². The number of nitrogen functional groups attached to an aromatic ring is 1. The van der Waals surface area contributed by atoms with E-state index in [-0.39, 0.29) is 24.7 Å². The van der Waals surface area contributed by atoms with Gasteiger partial charge in [-0.15, -0.1) is 0 Å². The first-order valence-corrected chi connectivity index (χ1v) is 17.6. The van der Waals surface area contributed by atoms with Gasteiger partial charge in [0.25, 0.3) is 0 Å². The molecule has 1 aromatic carbocycles. The Morgan fingerprint density at radius 3 is 2.37 bits per heavy atom. The topological polar surface area (TPSA) is 134 Å². The van der Waals surface area contributed by atoms with E-state index in [1.54, 1.807) is 42.7 Å². The minimum Gasteiger partial charge on any atom is -0.383 e. The molecule has 5 aromatic rings. The zero-order valence-electron chi connectivity index (χ0n) is 29.8. The van der Waals surface area contributed by atoms with Crippen LogP contribution < -0.4 is 11.1 Å². The van der Waals surface area contributed by atoms with Crippen LogP contribution in [-0.4, -0.2) is 59.7 Å². The molecule has 52 heavy (non-hydrogen) atoms. The minimum absolute atomic E-state index is 0.0496. The van der Waals surface area contributed by atoms with Gasteiger partial charge in [-0.2, -0.15) is 18.4 Å². The average molecular weight is 709 g/mol. The number of hydrogen-bond acceptors (Lipinski definition) is 9. The number of anilines is 2. The fourth-order valence-corrected chi connectivity index (χ4v) is 6.20. The molecule has 10 nitrogen and oxygen atoms in total. The molecule has 0 atom stereocenters. The number of alkyl halides is 3. The van der Waals surface area contributed by atoms with Crippen LogP contribution in [0.25, 0.3) is 33.8 Å². The molecule has 0 bridgehead atoms. The first-order valence-electron chi connectivity index (χ1n) is 17.6. The van der Waals surface area contributed by atoms with Crippen molar-refractivity contribution in [3.8, 4) is 23.1 Å². The van der Waals surface area contributed by atoms with Crippen molar-refractivity contribution in [2.75, 3.05) is 24.1 Å². The zero-order valence-corrected chi connectivity index (χ0v) is 29.8. The lowest BCUT2D eigenvalue weighted by Crippen LogP contribution is -2.38. The van der Waals surface area contributed by atoms with Crippen LogP contribution in [0.1, 0.15) is 70.5 Å². The van der Waals surface area contributed by atoms with E-state index in [1.165, 1.54) is 6.08 Å². The largest absolute Gasteiger partial charge is 0.412 e. The van der Waals surface area contributed by atoms with Gasteiger partial charge in [0, 0.05) is 49.3 Å². The second-order valence-electron chi connectivity index (χ2n) is 11.9. The molecule has 4 aromatic heterocycles. The minimum atomic E-state index is -4.38. The highest BCUT2D eigenvalue weighted by atomic mass is 19.4. The highest BCUT2D eigenvalue weighted by Crippen LogP contribution is 2.36. The molecule has 1 aliphatic heterocycles. The van der Waals surface area contributed by atoms with Gasteiger partial charge in [0.1, 0.15) is 23.2 Å². The number of rotatable bonds is 7. The molecule has 0 unspecified atom stereocenters. The number of aromatic nitrogens is 6. The number of nitriles is 1. The van der Waals surface area contributed by atoms with Gasteiger partial charge in [-0.1, -0.05) is 45.9 Å². The van der Waals surface area contributed by atoms with Crippen molar-refractivity contribution in [3.63, 3.8) is 0 Å². The molecule has 0 saturated carbocycles. The van der Waals surface area contributed by atoms with Crippen molar-refractivity contribution in [3.05, 3.63) is 102 Å². The van der Waals surface area contributed by atoms with Gasteiger partial charge in [-0.25, -0.2) is 24.9 Å². The standard InChI is InChI=1S/C35H31F3N10.2C2H6/c36-35(37,38)24-4-1-3-23(19-24)28-10-11-29-34(44-28)48(33(45-29)27-5-2-15-42-32(27)40)26-8-6-22(7-9-26)21-47-17-13-25(14-18-47)43-30-12-16-41-31(20-39)46-30;2*1-2/h2-3,5-12,15-16,19,25H,1,4,13-14,17-18,21H2,(H2,40,42)(H,41,43,46);2*1-2H3. The highest BCUT2D eigenvalue weighted by molar-refractivity contribution is 5.85. The molecule has 0 radical (unpaired) electrons. The monoisotopic (exact) mass is 708 g/mol. The van der Waals surface area contributed by atoms with Crippen LogP contribution in [-0.2, 0) is 6.54 Å². The smallest absolute Gasteiger partial charge is 0.383 e. The van der Waals surface area contributed by atoms with Crippen LogP contribution >= 0.6 is 0 Å². The highest BCUT2D eigenvalue weighted by Gasteiger charge is 2.34. The normalized spacial score (nSPS) is 15.0. The van der Waals surface area contributed by atoms with E-state index in [0.29, 0.717) is 45.5 Å². The molecule has 0 spiro atoms. The Hall–Kier alpha value is -5.61. The Labute approximate surface area is 302 Å². The lowest BCUT2D eigenvalue weighted by atomic mass is 9.97. The molecule has 1 saturated heterocycles. The molecule has 13 heteroatoms. The number of hydrogen-bond donors (Lipinski definition) is 2. The SMILES string of the molecule is CC.CC.N#Cc1nccc(NC2CCN(Cc3ccc(-n4c(-c5cccnc5N)nc5ccc(C6=CCCC(C(F)(F)F)=C6)nc54)cc3)CC2)n1. The number of nitrogens with one attached hydrogen (secondary N) is 1. The fourth-order valence-electron chi connectivity index (χ4n) is 6.20. The average Bonchev–Trinajstić information content (AvgIpc) is 3.56. The summed E-state index contributed by atoms with van der Waals surface area (Å²) >= 11 is 0. The number of imidazole rings is 1. The maximum absolute atomic E-state index is 13.5. The predicted octanol–water partition coefficient (Wildman–Crippen LogP) is 8.52. The van der Waals surface area contributed by atoms with Gasteiger partial charge in [0.2, 0.25) is 5.82 Å². The molecule has 7 rings (SSSR count). The molecule has 1 aliphatic carbocycles. The van der Waals surface area contributed by atoms with Crippen molar-refractivity contribution in [2.24, 2.45) is 0 Å². The summed E-state index contributed by atoms with van der Waals surface area (Å²) in [6.45, 7) is 10.6. The molecule has 270 valence electrons. The number of benzene rings is 1. The Bertz CT molecular complexity index is 2070. The fraction of sp³-hybridized carbons (Fsp3) is 0.333. The second kappa shape index (κ2) is 17.1. The summed E-state index contributed by atoms with van der Waals surface area (Å²) in [6, 6.07) is 19.2. The third-order valence-corrected chi connectivity index (χ3v) is 8.65. The number of fused-ring (bicyclic) bond motifs is 1. The van der Waals surface area contributed by atoms with E-state index in [1.807, 2.05) is 56.5 Å². The van der Waals surface area contributed by atoms with E-state index in [2.05, 4.69) is 37.3 Å². The number of nitrogens with two attached hydrogens (primary N) is 1. The van der Waals surface area contributed by atoms with E-state index in [0.717, 1.165) is 43.7 Å². The van der Waals surface area contributed by atoms with Gasteiger partial charge in [0.05, 0.1) is 11.3 Å². The summed E-state index contributed by atoms with van der Waals surface area (Å²) < 4.78 is 42.5. The van der Waals surface area contributed by atoms with Crippen LogP contribution in [0.2, 0.25) is 0 Å². The first kappa shape index (κ1) is 37.6. The van der Waals surface area contributed by atoms with E-state index in [9.17, 15) is 13.2 Å². The number of nitrogens with zero attached hydrogens (tertiary/aromatic N) is 8. The third kappa shape index (κ3) is 8.63. The summed E-state index contributed by atoms with van der Waals surface area (Å²) in [6.07, 6.45) is 3.90. The zero-order chi connectivity index (χ0) is 37.3. The maximum atomic E-state index is 13.5. The van der Waals surface area contributed by atoms with Gasteiger partial charge in [0.15, 0.2) is 11.5 Å². The number of pyridine rings is 2. The molecular weight excluding hydrogens is 665 g/mol. The van der Waals surface area contributed by atoms with Crippen molar-refractivity contribution >= 4 is 28.4 Å².